The number of nitrogens with zero attached hydrogens (tertiary/aromatic N) is 2. The van der Waals surface area contributed by atoms with Gasteiger partial charge in [-0.25, -0.2) is 4.68 Å². The Balaban J connectivity index is 2.48. The van der Waals surface area contributed by atoms with Gasteiger partial charge in [0.1, 0.15) is 0 Å². The van der Waals surface area contributed by atoms with E-state index in [9.17, 15) is 4.79 Å². The maximum atomic E-state index is 11.6. The average molecular weight is 240 g/mol. The van der Waals surface area contributed by atoms with Gasteiger partial charge in [0.15, 0.2) is 0 Å². The summed E-state index contributed by atoms with van der Waals surface area (Å²) in [4.78, 5) is 11.6. The molecule has 0 fully saturated rings. The third-order valence-electron chi connectivity index (χ3n) is 2.37. The van der Waals surface area contributed by atoms with Crippen LogP contribution in [0.3, 0.4) is 0 Å². The van der Waals surface area contributed by atoms with Crippen molar-refractivity contribution in [3.8, 4) is 0 Å². The van der Waals surface area contributed by atoms with Crippen molar-refractivity contribution in [2.24, 2.45) is 5.73 Å². The minimum Gasteiger partial charge on any atom is -0.396 e. The number of nitrogens with two attached hydrogens (primary N) is 1. The molecule has 4 N–H and O–H groups in total. The SMILES string of the molecule is NCCNc1cnn(CCCCCO)c(=O)c1. The first-order valence-corrected chi connectivity index (χ1v) is 5.90. The smallest absolute Gasteiger partial charge is 0.268 e. The van der Waals surface area contributed by atoms with E-state index in [-0.39, 0.29) is 12.2 Å². The fourth-order valence-corrected chi connectivity index (χ4v) is 1.46. The maximum Gasteiger partial charge on any atom is 0.268 e. The fraction of sp³-hybridized carbons (Fsp3) is 0.636. The van der Waals surface area contributed by atoms with Crippen LogP contribution in [-0.2, 0) is 6.54 Å². The lowest BCUT2D eigenvalue weighted by molar-refractivity contribution is 0.281. The van der Waals surface area contributed by atoms with Crippen molar-refractivity contribution in [2.75, 3.05) is 25.0 Å². The molecule has 0 amide bonds. The number of aromatic nitrogens is 2. The Labute approximate surface area is 100 Å². The van der Waals surface area contributed by atoms with E-state index in [0.29, 0.717) is 25.3 Å². The van der Waals surface area contributed by atoms with Crippen LogP contribution in [0.2, 0.25) is 0 Å². The third-order valence-corrected chi connectivity index (χ3v) is 2.37. The van der Waals surface area contributed by atoms with Crippen LogP contribution in [-0.4, -0.2) is 34.6 Å². The van der Waals surface area contributed by atoms with Crippen LogP contribution >= 0.6 is 0 Å². The normalized spacial score (nSPS) is 10.5. The summed E-state index contributed by atoms with van der Waals surface area (Å²) < 4.78 is 1.44. The van der Waals surface area contributed by atoms with Crippen LogP contribution in [0.4, 0.5) is 5.69 Å². The topological polar surface area (TPSA) is 93.2 Å². The highest BCUT2D eigenvalue weighted by molar-refractivity contribution is 5.38. The quantitative estimate of drug-likeness (QED) is 0.546. The molecule has 0 aliphatic rings. The largest absolute Gasteiger partial charge is 0.396 e. The predicted octanol–water partition coefficient (Wildman–Crippen LogP) is -0.224. The lowest BCUT2D eigenvalue weighted by Crippen LogP contribution is -2.23. The van der Waals surface area contributed by atoms with Gasteiger partial charge in [-0.1, -0.05) is 0 Å². The molecule has 0 atom stereocenters. The zero-order valence-electron chi connectivity index (χ0n) is 9.93. The van der Waals surface area contributed by atoms with E-state index in [1.54, 1.807) is 6.20 Å². The van der Waals surface area contributed by atoms with Crippen molar-refractivity contribution < 1.29 is 5.11 Å². The van der Waals surface area contributed by atoms with Crippen molar-refractivity contribution in [2.45, 2.75) is 25.8 Å². The zero-order valence-corrected chi connectivity index (χ0v) is 9.93. The van der Waals surface area contributed by atoms with Crippen LogP contribution < -0.4 is 16.6 Å². The van der Waals surface area contributed by atoms with Crippen LogP contribution in [0.25, 0.3) is 0 Å². The number of hydrogen-bond donors (Lipinski definition) is 3. The molecule has 0 saturated heterocycles. The molecule has 0 aromatic carbocycles. The number of nitrogens with one attached hydrogen (secondary N) is 1. The molecule has 6 nitrogen and oxygen atoms in total. The van der Waals surface area contributed by atoms with Crippen molar-refractivity contribution >= 4 is 5.69 Å². The van der Waals surface area contributed by atoms with Gasteiger partial charge in [-0.05, 0) is 19.3 Å². The van der Waals surface area contributed by atoms with Crippen LogP contribution in [0, 0.1) is 0 Å². The van der Waals surface area contributed by atoms with Crippen LogP contribution in [0.5, 0.6) is 0 Å². The molecule has 0 aliphatic carbocycles. The Hall–Kier alpha value is -1.40. The summed E-state index contributed by atoms with van der Waals surface area (Å²) in [5.74, 6) is 0. The number of unbranched alkanes of at least 4 members (excludes halogenated alkanes) is 2. The molecular formula is C11H20N4O2. The molecule has 1 aromatic rings. The lowest BCUT2D eigenvalue weighted by Gasteiger charge is -2.06. The maximum absolute atomic E-state index is 11.6. The van der Waals surface area contributed by atoms with Crippen molar-refractivity contribution in [1.29, 1.82) is 0 Å². The summed E-state index contributed by atoms with van der Waals surface area (Å²) in [5.41, 5.74) is 5.94. The second-order valence-corrected chi connectivity index (χ2v) is 3.81. The van der Waals surface area contributed by atoms with Gasteiger partial charge in [0, 0.05) is 32.3 Å². The fourth-order valence-electron chi connectivity index (χ4n) is 1.46. The van der Waals surface area contributed by atoms with Gasteiger partial charge in [-0.2, -0.15) is 5.10 Å². The first-order valence-electron chi connectivity index (χ1n) is 5.90. The molecule has 1 heterocycles. The summed E-state index contributed by atoms with van der Waals surface area (Å²) in [6, 6.07) is 1.52. The molecule has 17 heavy (non-hydrogen) atoms. The molecule has 0 saturated carbocycles. The average Bonchev–Trinajstić information content (AvgIpc) is 2.34. The van der Waals surface area contributed by atoms with E-state index in [0.717, 1.165) is 19.3 Å². The van der Waals surface area contributed by atoms with Gasteiger partial charge < -0.3 is 16.2 Å². The van der Waals surface area contributed by atoms with E-state index >= 15 is 0 Å². The lowest BCUT2D eigenvalue weighted by atomic mass is 10.2. The van der Waals surface area contributed by atoms with Gasteiger partial charge >= 0.3 is 0 Å². The molecule has 6 heteroatoms. The predicted molar refractivity (Wildman–Crippen MR) is 67.0 cm³/mol. The summed E-state index contributed by atoms with van der Waals surface area (Å²) in [6.45, 7) is 1.94. The molecule has 0 radical (unpaired) electrons. The summed E-state index contributed by atoms with van der Waals surface area (Å²) >= 11 is 0. The van der Waals surface area contributed by atoms with E-state index in [1.165, 1.54) is 10.7 Å². The van der Waals surface area contributed by atoms with Gasteiger partial charge in [0.2, 0.25) is 0 Å². The summed E-state index contributed by atoms with van der Waals surface area (Å²) in [6.07, 6.45) is 4.15. The van der Waals surface area contributed by atoms with E-state index in [4.69, 9.17) is 10.8 Å². The Bertz CT molecular complexity index is 378. The van der Waals surface area contributed by atoms with E-state index in [1.807, 2.05) is 0 Å². The molecular weight excluding hydrogens is 220 g/mol. The molecule has 1 aromatic heterocycles. The molecule has 0 bridgehead atoms. The minimum atomic E-state index is -0.115. The van der Waals surface area contributed by atoms with Gasteiger partial charge in [0.25, 0.3) is 5.56 Å². The standard InChI is InChI=1S/C11H20N4O2/c12-4-5-13-10-8-11(17)15(14-9-10)6-2-1-3-7-16/h8-9,13,16H,1-7,12H2. The number of anilines is 1. The summed E-state index contributed by atoms with van der Waals surface area (Å²) in [7, 11) is 0. The number of aliphatic hydroxyl groups excluding tert-OH is 1. The van der Waals surface area contributed by atoms with Crippen molar-refractivity contribution in [3.63, 3.8) is 0 Å². The van der Waals surface area contributed by atoms with Crippen LogP contribution in [0.1, 0.15) is 19.3 Å². The Morgan fingerprint density at radius 2 is 2.24 bits per heavy atom. The highest BCUT2D eigenvalue weighted by Gasteiger charge is 1.99. The van der Waals surface area contributed by atoms with Gasteiger partial charge in [-0.15, -0.1) is 0 Å². The first-order chi connectivity index (χ1) is 8.27. The number of rotatable bonds is 8. The molecule has 96 valence electrons. The monoisotopic (exact) mass is 240 g/mol. The molecule has 1 rings (SSSR count). The highest BCUT2D eigenvalue weighted by Crippen LogP contribution is 2.00. The van der Waals surface area contributed by atoms with Gasteiger partial charge in [0.05, 0.1) is 11.9 Å². The van der Waals surface area contributed by atoms with Crippen LogP contribution in [0.15, 0.2) is 17.1 Å². The van der Waals surface area contributed by atoms with Gasteiger partial charge in [-0.3, -0.25) is 4.79 Å². The number of aliphatic hydroxyl groups is 1. The van der Waals surface area contributed by atoms with E-state index < -0.39 is 0 Å². The second-order valence-electron chi connectivity index (χ2n) is 3.81. The first kappa shape index (κ1) is 13.7. The minimum absolute atomic E-state index is 0.115. The van der Waals surface area contributed by atoms with Crippen molar-refractivity contribution in [1.82, 2.24) is 9.78 Å². The summed E-state index contributed by atoms with van der Waals surface area (Å²) in [5, 5.41) is 15.7. The Morgan fingerprint density at radius 1 is 1.41 bits per heavy atom. The molecule has 0 spiro atoms. The molecule has 0 aliphatic heterocycles. The third kappa shape index (κ3) is 4.97. The Kier molecular flexibility index (Phi) is 6.27. The van der Waals surface area contributed by atoms with E-state index in [2.05, 4.69) is 10.4 Å². The van der Waals surface area contributed by atoms with Crippen molar-refractivity contribution in [3.05, 3.63) is 22.6 Å². The second kappa shape index (κ2) is 7.81. The number of hydrogen-bond acceptors (Lipinski definition) is 5. The highest BCUT2D eigenvalue weighted by atomic mass is 16.2. The Morgan fingerprint density at radius 3 is 2.88 bits per heavy atom. The zero-order chi connectivity index (χ0) is 12.5. The number of aryl methyl sites for hydroxylation is 1. The molecule has 0 unspecified atom stereocenters.